The van der Waals surface area contributed by atoms with Crippen molar-refractivity contribution in [3.63, 3.8) is 0 Å². The van der Waals surface area contributed by atoms with Gasteiger partial charge in [0, 0.05) is 16.3 Å². The Bertz CT molecular complexity index is 977. The van der Waals surface area contributed by atoms with Gasteiger partial charge in [0.05, 0.1) is 7.05 Å². The van der Waals surface area contributed by atoms with E-state index in [4.69, 9.17) is 16.1 Å². The van der Waals surface area contributed by atoms with Crippen LogP contribution in [-0.4, -0.2) is 29.6 Å². The van der Waals surface area contributed by atoms with E-state index in [-0.39, 0.29) is 5.91 Å². The highest BCUT2D eigenvalue weighted by Crippen LogP contribution is 2.22. The SMILES string of the molecule is Cc1cc(C)c(NC(=O)C[NH+](C)Cc2nc(-c3cccc(Cl)c3)no2)c(C)c1. The molecular weight excluding hydrogens is 376 g/mol. The number of quaternary nitrogens is 1. The zero-order valence-electron chi connectivity index (χ0n) is 16.5. The number of aromatic nitrogens is 2. The molecule has 6 nitrogen and oxygen atoms in total. The number of halogens is 1. The maximum atomic E-state index is 12.5. The molecule has 3 aromatic rings. The van der Waals surface area contributed by atoms with E-state index in [2.05, 4.69) is 27.6 Å². The van der Waals surface area contributed by atoms with Gasteiger partial charge in [-0.3, -0.25) is 4.79 Å². The fourth-order valence-corrected chi connectivity index (χ4v) is 3.42. The van der Waals surface area contributed by atoms with Crippen LogP contribution in [0, 0.1) is 20.8 Å². The Morgan fingerprint density at radius 3 is 2.57 bits per heavy atom. The van der Waals surface area contributed by atoms with Gasteiger partial charge < -0.3 is 14.7 Å². The van der Waals surface area contributed by atoms with Crippen molar-refractivity contribution >= 4 is 23.2 Å². The molecule has 0 bridgehead atoms. The summed E-state index contributed by atoms with van der Waals surface area (Å²) in [6.07, 6.45) is 0. The van der Waals surface area contributed by atoms with Gasteiger partial charge >= 0.3 is 0 Å². The standard InChI is InChI=1S/C21H23ClN4O2/c1-13-8-14(2)20(15(3)9-13)23-18(27)11-26(4)12-19-24-21(25-28-19)16-6-5-7-17(22)10-16/h5-10H,11-12H2,1-4H3,(H,23,27)/p+1. The predicted octanol–water partition coefficient (Wildman–Crippen LogP) is 2.97. The summed E-state index contributed by atoms with van der Waals surface area (Å²) in [5, 5.41) is 7.63. The topological polar surface area (TPSA) is 72.5 Å². The lowest BCUT2D eigenvalue weighted by molar-refractivity contribution is -0.886. The van der Waals surface area contributed by atoms with E-state index >= 15 is 0 Å². The molecule has 7 heteroatoms. The number of nitrogens with one attached hydrogen (secondary N) is 2. The number of carbonyl (C=O) groups excluding carboxylic acids is 1. The van der Waals surface area contributed by atoms with Crippen LogP contribution in [0.4, 0.5) is 5.69 Å². The molecule has 2 N–H and O–H groups in total. The third-order valence-corrected chi connectivity index (χ3v) is 4.64. The second-order valence-electron chi connectivity index (χ2n) is 7.15. The van der Waals surface area contributed by atoms with Crippen molar-refractivity contribution in [2.75, 3.05) is 18.9 Å². The minimum absolute atomic E-state index is 0.0536. The number of anilines is 1. The molecule has 146 valence electrons. The van der Waals surface area contributed by atoms with Crippen LogP contribution in [0.3, 0.4) is 0 Å². The number of aryl methyl sites for hydroxylation is 3. The van der Waals surface area contributed by atoms with Crippen molar-refractivity contribution < 1.29 is 14.2 Å². The number of carbonyl (C=O) groups is 1. The Balaban J connectivity index is 1.60. The van der Waals surface area contributed by atoms with Gasteiger partial charge in [0.1, 0.15) is 0 Å². The van der Waals surface area contributed by atoms with Gasteiger partial charge in [-0.25, -0.2) is 0 Å². The first kappa shape index (κ1) is 20.0. The molecule has 0 spiro atoms. The summed E-state index contributed by atoms with van der Waals surface area (Å²) in [5.74, 6) is 0.908. The summed E-state index contributed by atoms with van der Waals surface area (Å²) >= 11 is 6.01. The van der Waals surface area contributed by atoms with Crippen LogP contribution in [0.5, 0.6) is 0 Å². The van der Waals surface area contributed by atoms with Crippen molar-refractivity contribution in [1.29, 1.82) is 0 Å². The average Bonchev–Trinajstić information content (AvgIpc) is 3.06. The molecule has 0 saturated heterocycles. The summed E-state index contributed by atoms with van der Waals surface area (Å²) in [6, 6.07) is 11.4. The Morgan fingerprint density at radius 2 is 1.89 bits per heavy atom. The average molecular weight is 400 g/mol. The van der Waals surface area contributed by atoms with E-state index in [1.54, 1.807) is 12.1 Å². The second-order valence-corrected chi connectivity index (χ2v) is 7.59. The van der Waals surface area contributed by atoms with Gasteiger partial charge in [-0.2, -0.15) is 4.98 Å². The van der Waals surface area contributed by atoms with Crippen LogP contribution >= 0.6 is 11.6 Å². The monoisotopic (exact) mass is 399 g/mol. The highest BCUT2D eigenvalue weighted by atomic mass is 35.5. The molecule has 2 aromatic carbocycles. The maximum absolute atomic E-state index is 12.5. The number of hydrogen-bond acceptors (Lipinski definition) is 4. The molecule has 0 aliphatic heterocycles. The Morgan fingerprint density at radius 1 is 1.18 bits per heavy atom. The molecule has 0 saturated carbocycles. The van der Waals surface area contributed by atoms with Gasteiger partial charge in [0.25, 0.3) is 11.8 Å². The second kappa shape index (κ2) is 8.54. The number of likely N-dealkylation sites (N-methyl/N-ethyl adjacent to an activating group) is 1. The molecule has 3 rings (SSSR count). The Kier molecular flexibility index (Phi) is 6.11. The molecule has 28 heavy (non-hydrogen) atoms. The summed E-state index contributed by atoms with van der Waals surface area (Å²) in [7, 11) is 1.91. The van der Waals surface area contributed by atoms with Crippen molar-refractivity contribution in [2.24, 2.45) is 0 Å². The number of amides is 1. The van der Waals surface area contributed by atoms with Crippen molar-refractivity contribution in [3.8, 4) is 11.4 Å². The quantitative estimate of drug-likeness (QED) is 0.668. The van der Waals surface area contributed by atoms with Crippen LogP contribution < -0.4 is 10.2 Å². The lowest BCUT2D eigenvalue weighted by atomic mass is 10.1. The lowest BCUT2D eigenvalue weighted by Gasteiger charge is -2.15. The third kappa shape index (κ3) is 4.97. The first-order valence-corrected chi connectivity index (χ1v) is 9.47. The highest BCUT2D eigenvalue weighted by molar-refractivity contribution is 6.30. The minimum atomic E-state index is -0.0536. The van der Waals surface area contributed by atoms with Crippen molar-refractivity contribution in [1.82, 2.24) is 10.1 Å². The van der Waals surface area contributed by atoms with Gasteiger partial charge in [0.15, 0.2) is 13.1 Å². The summed E-state index contributed by atoms with van der Waals surface area (Å²) in [5.41, 5.74) is 4.98. The largest absolute Gasteiger partial charge is 0.333 e. The number of nitrogens with zero attached hydrogens (tertiary/aromatic N) is 2. The molecule has 0 aliphatic carbocycles. The van der Waals surface area contributed by atoms with Crippen LogP contribution in [0.25, 0.3) is 11.4 Å². The summed E-state index contributed by atoms with van der Waals surface area (Å²) in [4.78, 5) is 17.8. The van der Waals surface area contributed by atoms with Gasteiger partial charge in [-0.05, 0) is 44.0 Å². The highest BCUT2D eigenvalue weighted by Gasteiger charge is 2.17. The normalized spacial score (nSPS) is 12.0. The van der Waals surface area contributed by atoms with E-state index < -0.39 is 0 Å². The van der Waals surface area contributed by atoms with Gasteiger partial charge in [-0.15, -0.1) is 0 Å². The fourth-order valence-electron chi connectivity index (χ4n) is 3.23. The molecule has 1 aromatic heterocycles. The van der Waals surface area contributed by atoms with Crippen molar-refractivity contribution in [3.05, 3.63) is 64.0 Å². The van der Waals surface area contributed by atoms with Gasteiger partial charge in [-0.1, -0.05) is 46.6 Å². The number of rotatable bonds is 6. The molecule has 0 fully saturated rings. The fraction of sp³-hybridized carbons (Fsp3) is 0.286. The minimum Gasteiger partial charge on any atom is -0.333 e. The third-order valence-electron chi connectivity index (χ3n) is 4.41. The molecule has 1 amide bonds. The van der Waals surface area contributed by atoms with E-state index in [1.807, 2.05) is 40.0 Å². The molecule has 1 heterocycles. The Hall–Kier alpha value is -2.70. The van der Waals surface area contributed by atoms with E-state index in [0.717, 1.165) is 27.3 Å². The summed E-state index contributed by atoms with van der Waals surface area (Å²) in [6.45, 7) is 6.80. The lowest BCUT2D eigenvalue weighted by Crippen LogP contribution is -3.08. The molecule has 0 aliphatic rings. The van der Waals surface area contributed by atoms with Crippen LogP contribution in [0.2, 0.25) is 5.02 Å². The van der Waals surface area contributed by atoms with E-state index in [9.17, 15) is 4.79 Å². The first-order chi connectivity index (χ1) is 13.3. The van der Waals surface area contributed by atoms with Crippen LogP contribution in [0.15, 0.2) is 40.9 Å². The predicted molar refractivity (Wildman–Crippen MR) is 109 cm³/mol. The molecule has 1 atom stereocenters. The zero-order chi connectivity index (χ0) is 20.3. The Labute approximate surface area is 169 Å². The number of hydrogen-bond donors (Lipinski definition) is 2. The summed E-state index contributed by atoms with van der Waals surface area (Å²) < 4.78 is 5.32. The molecule has 1 unspecified atom stereocenters. The van der Waals surface area contributed by atoms with Crippen LogP contribution in [0.1, 0.15) is 22.6 Å². The van der Waals surface area contributed by atoms with Gasteiger partial charge in [0.2, 0.25) is 5.82 Å². The maximum Gasteiger partial charge on any atom is 0.282 e. The molecule has 0 radical (unpaired) electrons. The van der Waals surface area contributed by atoms with E-state index in [1.165, 1.54) is 5.56 Å². The van der Waals surface area contributed by atoms with Crippen molar-refractivity contribution in [2.45, 2.75) is 27.3 Å². The number of benzene rings is 2. The molecular formula is C21H24ClN4O2+. The van der Waals surface area contributed by atoms with Crippen LogP contribution in [-0.2, 0) is 11.3 Å². The zero-order valence-corrected chi connectivity index (χ0v) is 17.2. The van der Waals surface area contributed by atoms with E-state index in [0.29, 0.717) is 29.8 Å². The first-order valence-electron chi connectivity index (χ1n) is 9.09. The smallest absolute Gasteiger partial charge is 0.282 e.